The van der Waals surface area contributed by atoms with Crippen LogP contribution in [-0.2, 0) is 6.42 Å². The van der Waals surface area contributed by atoms with Crippen LogP contribution in [0.5, 0.6) is 0 Å². The van der Waals surface area contributed by atoms with Gasteiger partial charge in [-0.2, -0.15) is 0 Å². The third-order valence-corrected chi connectivity index (χ3v) is 5.41. The Morgan fingerprint density at radius 3 is 2.80 bits per heavy atom. The van der Waals surface area contributed by atoms with Gasteiger partial charge in [-0.1, -0.05) is 24.9 Å². The van der Waals surface area contributed by atoms with Gasteiger partial charge in [-0.25, -0.2) is 4.39 Å². The molecule has 20 heavy (non-hydrogen) atoms. The average molecular weight is 296 g/mol. The van der Waals surface area contributed by atoms with E-state index in [1.807, 2.05) is 0 Å². The van der Waals surface area contributed by atoms with Crippen LogP contribution in [0.4, 0.5) is 4.39 Å². The number of hydrogen-bond donors (Lipinski definition) is 1. The van der Waals surface area contributed by atoms with Gasteiger partial charge in [0.15, 0.2) is 0 Å². The predicted molar refractivity (Wildman–Crippen MR) is 81.5 cm³/mol. The normalized spacial score (nSPS) is 29.2. The molecule has 2 saturated carbocycles. The molecule has 1 N–H and O–H groups in total. The van der Waals surface area contributed by atoms with E-state index in [9.17, 15) is 4.39 Å². The minimum atomic E-state index is -0.186. The summed E-state index contributed by atoms with van der Waals surface area (Å²) < 4.78 is 13.4. The standard InChI is InChI=1S/C17H23ClFN/c1-2-8-20-16(17-13-4-3-5-14(13)17)10-11-9-12(19)6-7-15(11)18/h6-7,9,13-14,16-17,20H,2-5,8,10H2,1H3. The average Bonchev–Trinajstić information content (AvgIpc) is 2.91. The first-order valence-corrected chi connectivity index (χ1v) is 8.25. The van der Waals surface area contributed by atoms with E-state index in [1.54, 1.807) is 12.1 Å². The van der Waals surface area contributed by atoms with E-state index in [2.05, 4.69) is 12.2 Å². The van der Waals surface area contributed by atoms with E-state index < -0.39 is 0 Å². The molecular weight excluding hydrogens is 273 g/mol. The summed E-state index contributed by atoms with van der Waals surface area (Å²) in [4.78, 5) is 0. The molecule has 3 rings (SSSR count). The summed E-state index contributed by atoms with van der Waals surface area (Å²) in [5, 5.41) is 4.37. The largest absolute Gasteiger partial charge is 0.313 e. The molecular formula is C17H23ClFN. The highest BCUT2D eigenvalue weighted by Crippen LogP contribution is 2.59. The lowest BCUT2D eigenvalue weighted by Gasteiger charge is -2.21. The third kappa shape index (κ3) is 2.87. The van der Waals surface area contributed by atoms with Crippen LogP contribution < -0.4 is 5.32 Å². The fraction of sp³-hybridized carbons (Fsp3) is 0.647. The zero-order valence-electron chi connectivity index (χ0n) is 12.0. The monoisotopic (exact) mass is 295 g/mol. The van der Waals surface area contributed by atoms with Crippen molar-refractivity contribution >= 4 is 11.6 Å². The first-order chi connectivity index (χ1) is 9.70. The number of fused-ring (bicyclic) bond motifs is 1. The Labute approximate surface area is 125 Å². The molecule has 3 heteroatoms. The molecule has 2 aliphatic rings. The fourth-order valence-corrected chi connectivity index (χ4v) is 4.28. The topological polar surface area (TPSA) is 12.0 Å². The first-order valence-electron chi connectivity index (χ1n) is 7.88. The van der Waals surface area contributed by atoms with Crippen LogP contribution >= 0.6 is 11.6 Å². The molecule has 0 saturated heterocycles. The number of halogens is 2. The molecule has 0 heterocycles. The van der Waals surface area contributed by atoms with Crippen molar-refractivity contribution in [3.05, 3.63) is 34.6 Å². The van der Waals surface area contributed by atoms with E-state index in [0.29, 0.717) is 11.1 Å². The molecule has 0 spiro atoms. The lowest BCUT2D eigenvalue weighted by Crippen LogP contribution is -2.35. The van der Waals surface area contributed by atoms with Crippen LogP contribution in [0.15, 0.2) is 18.2 Å². The second-order valence-corrected chi connectivity index (χ2v) is 6.74. The van der Waals surface area contributed by atoms with Gasteiger partial charge in [-0.15, -0.1) is 0 Å². The third-order valence-electron chi connectivity index (χ3n) is 5.04. The molecule has 0 amide bonds. The van der Waals surface area contributed by atoms with Crippen LogP contribution in [0.3, 0.4) is 0 Å². The highest BCUT2D eigenvalue weighted by Gasteiger charge is 2.55. The number of benzene rings is 1. The lowest BCUT2D eigenvalue weighted by atomic mass is 9.97. The molecule has 110 valence electrons. The van der Waals surface area contributed by atoms with Crippen molar-refractivity contribution in [3.63, 3.8) is 0 Å². The molecule has 1 aromatic rings. The molecule has 0 radical (unpaired) electrons. The maximum atomic E-state index is 13.4. The Bertz CT molecular complexity index is 466. The summed E-state index contributed by atoms with van der Waals surface area (Å²) in [7, 11) is 0. The summed E-state index contributed by atoms with van der Waals surface area (Å²) in [5.41, 5.74) is 0.949. The molecule has 0 aliphatic heterocycles. The van der Waals surface area contributed by atoms with Gasteiger partial charge in [0, 0.05) is 11.1 Å². The summed E-state index contributed by atoms with van der Waals surface area (Å²) in [5.74, 6) is 2.43. The highest BCUT2D eigenvalue weighted by atomic mass is 35.5. The van der Waals surface area contributed by atoms with Crippen molar-refractivity contribution in [3.8, 4) is 0 Å². The number of rotatable bonds is 6. The second kappa shape index (κ2) is 6.03. The minimum Gasteiger partial charge on any atom is -0.313 e. The lowest BCUT2D eigenvalue weighted by molar-refractivity contribution is 0.403. The summed E-state index contributed by atoms with van der Waals surface area (Å²) >= 11 is 6.23. The van der Waals surface area contributed by atoms with E-state index in [1.165, 1.54) is 25.3 Å². The van der Waals surface area contributed by atoms with Crippen molar-refractivity contribution in [2.75, 3.05) is 6.54 Å². The predicted octanol–water partition coefficient (Wildman–Crippen LogP) is 4.44. The van der Waals surface area contributed by atoms with Crippen LogP contribution in [-0.4, -0.2) is 12.6 Å². The van der Waals surface area contributed by atoms with Crippen molar-refractivity contribution < 1.29 is 4.39 Å². The SMILES string of the molecule is CCCNC(Cc1cc(F)ccc1Cl)C1C2CCCC21. The van der Waals surface area contributed by atoms with Gasteiger partial charge in [-0.3, -0.25) is 0 Å². The Morgan fingerprint density at radius 1 is 1.35 bits per heavy atom. The molecule has 2 aliphatic carbocycles. The Balaban J connectivity index is 1.71. The molecule has 0 aromatic heterocycles. The molecule has 1 aromatic carbocycles. The quantitative estimate of drug-likeness (QED) is 0.818. The zero-order chi connectivity index (χ0) is 14.1. The minimum absolute atomic E-state index is 0.186. The molecule has 2 fully saturated rings. The number of hydrogen-bond acceptors (Lipinski definition) is 1. The summed E-state index contributed by atoms with van der Waals surface area (Å²) in [6.07, 6.45) is 6.16. The van der Waals surface area contributed by atoms with E-state index >= 15 is 0 Å². The molecule has 3 unspecified atom stereocenters. The highest BCUT2D eigenvalue weighted by molar-refractivity contribution is 6.31. The Hall–Kier alpha value is -0.600. The summed E-state index contributed by atoms with van der Waals surface area (Å²) in [6.45, 7) is 3.22. The molecule has 0 bridgehead atoms. The molecule has 1 nitrogen and oxygen atoms in total. The van der Waals surface area contributed by atoms with Crippen LogP contribution in [0.1, 0.15) is 38.2 Å². The van der Waals surface area contributed by atoms with Crippen LogP contribution in [0.2, 0.25) is 5.02 Å². The maximum Gasteiger partial charge on any atom is 0.123 e. The van der Waals surface area contributed by atoms with Crippen LogP contribution in [0.25, 0.3) is 0 Å². The van der Waals surface area contributed by atoms with Crippen LogP contribution in [0, 0.1) is 23.6 Å². The van der Waals surface area contributed by atoms with Crippen molar-refractivity contribution in [2.45, 2.75) is 45.1 Å². The van der Waals surface area contributed by atoms with E-state index in [4.69, 9.17) is 11.6 Å². The van der Waals surface area contributed by atoms with Gasteiger partial charge in [0.25, 0.3) is 0 Å². The van der Waals surface area contributed by atoms with Crippen molar-refractivity contribution in [2.24, 2.45) is 17.8 Å². The van der Waals surface area contributed by atoms with Gasteiger partial charge in [0.2, 0.25) is 0 Å². The zero-order valence-corrected chi connectivity index (χ0v) is 12.8. The van der Waals surface area contributed by atoms with Crippen molar-refractivity contribution in [1.82, 2.24) is 5.32 Å². The van der Waals surface area contributed by atoms with Crippen molar-refractivity contribution in [1.29, 1.82) is 0 Å². The Kier molecular flexibility index (Phi) is 4.32. The summed E-state index contributed by atoms with van der Waals surface area (Å²) in [6, 6.07) is 5.17. The first kappa shape index (κ1) is 14.3. The van der Waals surface area contributed by atoms with Gasteiger partial charge in [0.05, 0.1) is 0 Å². The van der Waals surface area contributed by atoms with E-state index in [-0.39, 0.29) is 5.82 Å². The smallest absolute Gasteiger partial charge is 0.123 e. The maximum absolute atomic E-state index is 13.4. The van der Waals surface area contributed by atoms with Gasteiger partial charge < -0.3 is 5.32 Å². The second-order valence-electron chi connectivity index (χ2n) is 6.34. The van der Waals surface area contributed by atoms with Gasteiger partial charge in [-0.05, 0) is 73.7 Å². The fourth-order valence-electron chi connectivity index (χ4n) is 4.08. The Morgan fingerprint density at radius 2 is 2.10 bits per heavy atom. The van der Waals surface area contributed by atoms with E-state index in [0.717, 1.165) is 42.7 Å². The van der Waals surface area contributed by atoms with Gasteiger partial charge in [0.1, 0.15) is 5.82 Å². The number of nitrogens with one attached hydrogen (secondary N) is 1. The van der Waals surface area contributed by atoms with Gasteiger partial charge >= 0.3 is 0 Å². The molecule has 3 atom stereocenters.